The highest BCUT2D eigenvalue weighted by atomic mass is 35.5. The topological polar surface area (TPSA) is 101 Å². The van der Waals surface area contributed by atoms with E-state index < -0.39 is 10.0 Å². The lowest BCUT2D eigenvalue weighted by Gasteiger charge is -2.36. The average molecular weight is 448 g/mol. The van der Waals surface area contributed by atoms with Crippen LogP contribution in [-0.2, 0) is 19.6 Å². The molecule has 0 unspecified atom stereocenters. The highest BCUT2D eigenvalue weighted by Gasteiger charge is 2.36. The normalized spacial score (nSPS) is 20.3. The Morgan fingerprint density at radius 1 is 0.964 bits per heavy atom. The fourth-order valence-electron chi connectivity index (χ4n) is 3.81. The zero-order valence-corrected chi connectivity index (χ0v) is 17.6. The lowest BCUT2D eigenvalue weighted by Crippen LogP contribution is -2.47. The van der Waals surface area contributed by atoms with E-state index in [9.17, 15) is 18.0 Å². The summed E-state index contributed by atoms with van der Waals surface area (Å²) in [6, 6.07) is 4.52. The minimum Gasteiger partial charge on any atom is -0.369 e. The van der Waals surface area contributed by atoms with Crippen LogP contribution in [0.25, 0.3) is 0 Å². The number of piperidine rings is 2. The van der Waals surface area contributed by atoms with E-state index in [4.69, 9.17) is 28.9 Å². The molecule has 1 aromatic carbocycles. The first kappa shape index (κ1) is 21.4. The number of carbonyl (C=O) groups excluding carboxylic acids is 2. The van der Waals surface area contributed by atoms with Crippen LogP contribution in [0.1, 0.15) is 25.7 Å². The van der Waals surface area contributed by atoms with Gasteiger partial charge in [-0.1, -0.05) is 29.3 Å². The molecule has 2 fully saturated rings. The van der Waals surface area contributed by atoms with Gasteiger partial charge in [-0.25, -0.2) is 8.42 Å². The second-order valence-electron chi connectivity index (χ2n) is 7.23. The van der Waals surface area contributed by atoms with Gasteiger partial charge < -0.3 is 10.6 Å². The molecule has 0 radical (unpaired) electrons. The van der Waals surface area contributed by atoms with Gasteiger partial charge in [0.05, 0.1) is 10.0 Å². The maximum atomic E-state index is 12.9. The molecule has 3 rings (SSSR count). The summed E-state index contributed by atoms with van der Waals surface area (Å²) >= 11 is 12.0. The number of nitrogens with two attached hydrogens (primary N) is 1. The van der Waals surface area contributed by atoms with Crippen LogP contribution in [0.4, 0.5) is 0 Å². The van der Waals surface area contributed by atoms with Gasteiger partial charge in [-0.05, 0) is 37.8 Å². The van der Waals surface area contributed by atoms with E-state index in [-0.39, 0.29) is 51.7 Å². The minimum absolute atomic E-state index is 0.0136. The van der Waals surface area contributed by atoms with Crippen LogP contribution in [0.5, 0.6) is 0 Å². The third kappa shape index (κ3) is 4.30. The highest BCUT2D eigenvalue weighted by molar-refractivity contribution is 7.89. The van der Waals surface area contributed by atoms with Gasteiger partial charge in [-0.2, -0.15) is 4.31 Å². The molecular formula is C18H23Cl2N3O4S. The van der Waals surface area contributed by atoms with Crippen molar-refractivity contribution in [3.8, 4) is 0 Å². The van der Waals surface area contributed by atoms with Crippen LogP contribution in [0, 0.1) is 11.8 Å². The lowest BCUT2D eigenvalue weighted by molar-refractivity contribution is -0.139. The van der Waals surface area contributed by atoms with Crippen molar-refractivity contribution in [2.75, 3.05) is 26.2 Å². The molecule has 2 amide bonds. The van der Waals surface area contributed by atoms with Gasteiger partial charge in [0.2, 0.25) is 21.8 Å². The second kappa shape index (κ2) is 8.57. The Bertz CT molecular complexity index is 862. The predicted octanol–water partition coefficient (Wildman–Crippen LogP) is 2.12. The highest BCUT2D eigenvalue weighted by Crippen LogP contribution is 2.33. The molecular weight excluding hydrogens is 425 g/mol. The smallest absolute Gasteiger partial charge is 0.244 e. The molecule has 0 spiro atoms. The first-order chi connectivity index (χ1) is 13.2. The number of hydrogen-bond donors (Lipinski definition) is 1. The standard InChI is InChI=1S/C18H23Cl2N3O4S/c19-14-2-1-3-15(16(14)20)28(26,27)23-10-6-13(7-11-23)18(25)22-8-4-12(5-9-22)17(21)24/h1-3,12-13H,4-11H2,(H2,21,24). The van der Waals surface area contributed by atoms with Gasteiger partial charge >= 0.3 is 0 Å². The van der Waals surface area contributed by atoms with Crippen LogP contribution in [0.15, 0.2) is 23.1 Å². The third-order valence-corrected chi connectivity index (χ3v) is 8.42. The summed E-state index contributed by atoms with van der Waals surface area (Å²) < 4.78 is 27.1. The maximum absolute atomic E-state index is 12.9. The van der Waals surface area contributed by atoms with Crippen LogP contribution in [-0.4, -0.2) is 55.6 Å². The van der Waals surface area contributed by atoms with Crippen molar-refractivity contribution < 1.29 is 18.0 Å². The molecule has 2 N–H and O–H groups in total. The number of rotatable bonds is 4. The van der Waals surface area contributed by atoms with Gasteiger partial charge in [0, 0.05) is 38.0 Å². The van der Waals surface area contributed by atoms with Gasteiger partial charge in [0.15, 0.2) is 0 Å². The fourth-order valence-corrected chi connectivity index (χ4v) is 6.01. The molecule has 0 bridgehead atoms. The molecule has 0 aliphatic carbocycles. The molecule has 0 aromatic heterocycles. The fraction of sp³-hybridized carbons (Fsp3) is 0.556. The number of likely N-dealkylation sites (tertiary alicyclic amines) is 1. The van der Waals surface area contributed by atoms with E-state index in [1.807, 2.05) is 0 Å². The largest absolute Gasteiger partial charge is 0.369 e. The van der Waals surface area contributed by atoms with Crippen molar-refractivity contribution in [1.29, 1.82) is 0 Å². The maximum Gasteiger partial charge on any atom is 0.244 e. The molecule has 2 aliphatic rings. The van der Waals surface area contributed by atoms with Crippen molar-refractivity contribution >= 4 is 45.0 Å². The molecule has 7 nitrogen and oxygen atoms in total. The van der Waals surface area contributed by atoms with Crippen molar-refractivity contribution in [1.82, 2.24) is 9.21 Å². The Hall–Kier alpha value is -1.35. The Morgan fingerprint density at radius 2 is 1.54 bits per heavy atom. The second-order valence-corrected chi connectivity index (χ2v) is 9.92. The van der Waals surface area contributed by atoms with Crippen LogP contribution < -0.4 is 5.73 Å². The molecule has 154 valence electrons. The number of primary amides is 1. The van der Waals surface area contributed by atoms with Gasteiger partial charge in [-0.15, -0.1) is 0 Å². The lowest BCUT2D eigenvalue weighted by atomic mass is 9.92. The number of carbonyl (C=O) groups is 2. The molecule has 2 heterocycles. The zero-order chi connectivity index (χ0) is 20.5. The van der Waals surface area contributed by atoms with E-state index in [1.165, 1.54) is 16.4 Å². The first-order valence-corrected chi connectivity index (χ1v) is 11.4. The monoisotopic (exact) mass is 447 g/mol. The number of amides is 2. The molecule has 0 saturated carbocycles. The summed E-state index contributed by atoms with van der Waals surface area (Å²) in [6.07, 6.45) is 2.07. The number of hydrogen-bond acceptors (Lipinski definition) is 4. The van der Waals surface area contributed by atoms with Crippen molar-refractivity contribution in [3.63, 3.8) is 0 Å². The molecule has 1 aromatic rings. The number of halogens is 2. The number of sulfonamides is 1. The predicted molar refractivity (Wildman–Crippen MR) is 106 cm³/mol. The Balaban J connectivity index is 1.60. The molecule has 2 aliphatic heterocycles. The summed E-state index contributed by atoms with van der Waals surface area (Å²) in [6.45, 7) is 1.53. The average Bonchev–Trinajstić information content (AvgIpc) is 2.69. The Morgan fingerprint density at radius 3 is 2.11 bits per heavy atom. The summed E-state index contributed by atoms with van der Waals surface area (Å²) in [5.41, 5.74) is 5.33. The van der Waals surface area contributed by atoms with E-state index in [0.717, 1.165) is 0 Å². The van der Waals surface area contributed by atoms with Crippen molar-refractivity contribution in [2.45, 2.75) is 30.6 Å². The van der Waals surface area contributed by atoms with Gasteiger partial charge in [0.1, 0.15) is 4.90 Å². The quantitative estimate of drug-likeness (QED) is 0.763. The van der Waals surface area contributed by atoms with Gasteiger partial charge in [-0.3, -0.25) is 9.59 Å². The summed E-state index contributed by atoms with van der Waals surface area (Å²) in [7, 11) is -3.77. The Kier molecular flexibility index (Phi) is 6.54. The molecule has 2 saturated heterocycles. The van der Waals surface area contributed by atoms with Crippen LogP contribution in [0.2, 0.25) is 10.0 Å². The number of benzene rings is 1. The third-order valence-electron chi connectivity index (χ3n) is 5.55. The first-order valence-electron chi connectivity index (χ1n) is 9.24. The molecule has 10 heteroatoms. The summed E-state index contributed by atoms with van der Waals surface area (Å²) in [5, 5.41) is 0.201. The summed E-state index contributed by atoms with van der Waals surface area (Å²) in [5.74, 6) is -0.670. The van der Waals surface area contributed by atoms with E-state index in [1.54, 1.807) is 11.0 Å². The Labute approximate surface area is 174 Å². The van der Waals surface area contributed by atoms with Crippen LogP contribution >= 0.6 is 23.2 Å². The summed E-state index contributed by atoms with van der Waals surface area (Å²) in [4.78, 5) is 25.8. The van der Waals surface area contributed by atoms with Crippen molar-refractivity contribution in [3.05, 3.63) is 28.2 Å². The van der Waals surface area contributed by atoms with E-state index in [0.29, 0.717) is 38.8 Å². The molecule has 28 heavy (non-hydrogen) atoms. The zero-order valence-electron chi connectivity index (χ0n) is 15.3. The van der Waals surface area contributed by atoms with Crippen LogP contribution in [0.3, 0.4) is 0 Å². The van der Waals surface area contributed by atoms with Gasteiger partial charge in [0.25, 0.3) is 0 Å². The number of nitrogens with zero attached hydrogens (tertiary/aromatic N) is 2. The minimum atomic E-state index is -3.77. The molecule has 0 atom stereocenters. The SMILES string of the molecule is NC(=O)C1CCN(C(=O)C2CCN(S(=O)(=O)c3cccc(Cl)c3Cl)CC2)CC1. The van der Waals surface area contributed by atoms with Crippen molar-refractivity contribution in [2.24, 2.45) is 17.6 Å². The van der Waals surface area contributed by atoms with E-state index in [2.05, 4.69) is 0 Å². The van der Waals surface area contributed by atoms with E-state index >= 15 is 0 Å².